The van der Waals surface area contributed by atoms with Gasteiger partial charge in [0.2, 0.25) is 0 Å². The number of hydrogen-bond donors (Lipinski definition) is 0. The van der Waals surface area contributed by atoms with Crippen molar-refractivity contribution in [1.82, 2.24) is 0 Å². The fourth-order valence-electron chi connectivity index (χ4n) is 1.18. The van der Waals surface area contributed by atoms with Crippen LogP contribution in [0, 0.1) is 5.92 Å². The van der Waals surface area contributed by atoms with Gasteiger partial charge in [-0.05, 0) is 24.3 Å². The van der Waals surface area contributed by atoms with E-state index in [1.807, 2.05) is 13.8 Å². The van der Waals surface area contributed by atoms with Gasteiger partial charge in [0.05, 0.1) is 6.26 Å². The van der Waals surface area contributed by atoms with E-state index >= 15 is 0 Å². The second-order valence-corrected chi connectivity index (χ2v) is 5.41. The van der Waals surface area contributed by atoms with Crippen molar-refractivity contribution in [3.8, 4) is 5.75 Å². The van der Waals surface area contributed by atoms with Crippen LogP contribution in [0.15, 0.2) is 24.3 Å². The number of hydrogen-bond acceptors (Lipinski definition) is 4. The van der Waals surface area contributed by atoms with Gasteiger partial charge < -0.3 is 4.18 Å². The molecule has 0 unspecified atom stereocenters. The molecule has 0 heterocycles. The minimum absolute atomic E-state index is 0.0194. The standard InChI is InChI=1S/C11H14O4S/c1-8(2)11(12)9-4-6-10(7-5-9)15-16(3,13)14/h4-8H,1-3H3. The first kappa shape index (κ1) is 12.7. The molecule has 4 nitrogen and oxygen atoms in total. The van der Waals surface area contributed by atoms with Crippen LogP contribution in [0.1, 0.15) is 24.2 Å². The van der Waals surface area contributed by atoms with Crippen molar-refractivity contribution in [2.45, 2.75) is 13.8 Å². The molecule has 0 aromatic heterocycles. The lowest BCUT2D eigenvalue weighted by Crippen LogP contribution is -2.08. The van der Waals surface area contributed by atoms with Crippen LogP contribution in [-0.2, 0) is 10.1 Å². The summed E-state index contributed by atoms with van der Waals surface area (Å²) in [4.78, 5) is 11.6. The van der Waals surface area contributed by atoms with Gasteiger partial charge in [0.15, 0.2) is 5.78 Å². The summed E-state index contributed by atoms with van der Waals surface area (Å²) in [6.45, 7) is 3.62. The van der Waals surface area contributed by atoms with Crippen LogP contribution >= 0.6 is 0 Å². The van der Waals surface area contributed by atoms with Crippen LogP contribution < -0.4 is 4.18 Å². The van der Waals surface area contributed by atoms with E-state index in [1.54, 1.807) is 12.1 Å². The van der Waals surface area contributed by atoms with Gasteiger partial charge >= 0.3 is 10.1 Å². The first-order valence-electron chi connectivity index (χ1n) is 4.83. The fraction of sp³-hybridized carbons (Fsp3) is 0.364. The fourth-order valence-corrected chi connectivity index (χ4v) is 1.64. The van der Waals surface area contributed by atoms with Crippen LogP contribution in [0.2, 0.25) is 0 Å². The summed E-state index contributed by atoms with van der Waals surface area (Å²) >= 11 is 0. The van der Waals surface area contributed by atoms with E-state index in [-0.39, 0.29) is 17.5 Å². The van der Waals surface area contributed by atoms with Gasteiger partial charge in [-0.25, -0.2) is 0 Å². The third-order valence-corrected chi connectivity index (χ3v) is 2.41. The van der Waals surface area contributed by atoms with Gasteiger partial charge in [0, 0.05) is 11.5 Å². The number of Topliss-reactive ketones (excluding diaryl/α,β-unsaturated/α-hetero) is 1. The lowest BCUT2D eigenvalue weighted by atomic mass is 10.0. The molecule has 0 bridgehead atoms. The van der Waals surface area contributed by atoms with E-state index < -0.39 is 10.1 Å². The predicted octanol–water partition coefficient (Wildman–Crippen LogP) is 1.86. The molecule has 16 heavy (non-hydrogen) atoms. The largest absolute Gasteiger partial charge is 0.383 e. The summed E-state index contributed by atoms with van der Waals surface area (Å²) in [6, 6.07) is 6.05. The van der Waals surface area contributed by atoms with Crippen LogP contribution in [0.4, 0.5) is 0 Å². The normalized spacial score (nSPS) is 11.5. The molecule has 0 N–H and O–H groups in total. The molecule has 0 amide bonds. The predicted molar refractivity (Wildman–Crippen MR) is 61.1 cm³/mol. The summed E-state index contributed by atoms with van der Waals surface area (Å²) in [7, 11) is -3.51. The lowest BCUT2D eigenvalue weighted by molar-refractivity contribution is 0.0939. The summed E-state index contributed by atoms with van der Waals surface area (Å²) in [5, 5.41) is 0. The monoisotopic (exact) mass is 242 g/mol. The molecule has 0 aliphatic rings. The maximum atomic E-state index is 11.6. The molecule has 88 valence electrons. The van der Waals surface area contributed by atoms with E-state index in [2.05, 4.69) is 4.18 Å². The topological polar surface area (TPSA) is 60.4 Å². The van der Waals surface area contributed by atoms with Crippen LogP contribution in [0.3, 0.4) is 0 Å². The second-order valence-electron chi connectivity index (χ2n) is 3.83. The van der Waals surface area contributed by atoms with E-state index in [9.17, 15) is 13.2 Å². The average Bonchev–Trinajstić information content (AvgIpc) is 2.15. The molecule has 0 aliphatic carbocycles. The first-order chi connectivity index (χ1) is 7.29. The summed E-state index contributed by atoms with van der Waals surface area (Å²) < 4.78 is 26.3. The molecule has 0 atom stereocenters. The molecule has 0 saturated heterocycles. The molecular weight excluding hydrogens is 228 g/mol. The number of rotatable bonds is 4. The van der Waals surface area contributed by atoms with Gasteiger partial charge in [0.1, 0.15) is 5.75 Å². The zero-order valence-electron chi connectivity index (χ0n) is 9.43. The van der Waals surface area contributed by atoms with Gasteiger partial charge in [0.25, 0.3) is 0 Å². The van der Waals surface area contributed by atoms with E-state index in [1.165, 1.54) is 12.1 Å². The van der Waals surface area contributed by atoms with Crippen molar-refractivity contribution in [1.29, 1.82) is 0 Å². The van der Waals surface area contributed by atoms with Crippen LogP contribution in [0.5, 0.6) is 5.75 Å². The number of ketones is 1. The SMILES string of the molecule is CC(C)C(=O)c1ccc(OS(C)(=O)=O)cc1. The third-order valence-electron chi connectivity index (χ3n) is 1.91. The van der Waals surface area contributed by atoms with Gasteiger partial charge in [-0.1, -0.05) is 13.8 Å². The molecule has 0 fully saturated rings. The van der Waals surface area contributed by atoms with Gasteiger partial charge in [-0.3, -0.25) is 4.79 Å². The van der Waals surface area contributed by atoms with Crippen molar-refractivity contribution in [3.63, 3.8) is 0 Å². The highest BCUT2D eigenvalue weighted by molar-refractivity contribution is 7.86. The maximum absolute atomic E-state index is 11.6. The van der Waals surface area contributed by atoms with Gasteiger partial charge in [-0.15, -0.1) is 0 Å². The number of benzene rings is 1. The average molecular weight is 242 g/mol. The zero-order chi connectivity index (χ0) is 12.3. The van der Waals surface area contributed by atoms with Crippen LogP contribution in [0.25, 0.3) is 0 Å². The molecule has 0 radical (unpaired) electrons. The van der Waals surface area contributed by atoms with E-state index in [4.69, 9.17) is 0 Å². The third kappa shape index (κ3) is 3.66. The van der Waals surface area contributed by atoms with Crippen LogP contribution in [-0.4, -0.2) is 20.5 Å². The Labute approximate surface area is 95.4 Å². The summed E-state index contributed by atoms with van der Waals surface area (Å²) in [6.07, 6.45) is 0.972. The first-order valence-corrected chi connectivity index (χ1v) is 6.65. The molecule has 0 spiro atoms. The lowest BCUT2D eigenvalue weighted by Gasteiger charge is -2.06. The number of carbonyl (C=O) groups is 1. The van der Waals surface area contributed by atoms with E-state index in [0.29, 0.717) is 5.56 Å². The highest BCUT2D eigenvalue weighted by Gasteiger charge is 2.11. The minimum atomic E-state index is -3.51. The van der Waals surface area contributed by atoms with Crippen molar-refractivity contribution in [2.75, 3.05) is 6.26 Å². The Hall–Kier alpha value is -1.36. The Morgan fingerprint density at radius 2 is 1.69 bits per heavy atom. The molecule has 5 heteroatoms. The highest BCUT2D eigenvalue weighted by Crippen LogP contribution is 2.16. The molecule has 0 saturated carbocycles. The van der Waals surface area contributed by atoms with Crippen molar-refractivity contribution in [3.05, 3.63) is 29.8 Å². The Morgan fingerprint density at radius 1 is 1.19 bits per heavy atom. The van der Waals surface area contributed by atoms with Crippen molar-refractivity contribution >= 4 is 15.9 Å². The quantitative estimate of drug-likeness (QED) is 0.597. The Kier molecular flexibility index (Phi) is 3.70. The van der Waals surface area contributed by atoms with Gasteiger partial charge in [-0.2, -0.15) is 8.42 Å². The van der Waals surface area contributed by atoms with E-state index in [0.717, 1.165) is 6.26 Å². The maximum Gasteiger partial charge on any atom is 0.306 e. The minimum Gasteiger partial charge on any atom is -0.383 e. The molecule has 1 aromatic carbocycles. The molecular formula is C11H14O4S. The smallest absolute Gasteiger partial charge is 0.306 e. The summed E-state index contributed by atoms with van der Waals surface area (Å²) in [5.74, 6) is 0.149. The molecule has 0 aliphatic heterocycles. The molecule has 1 rings (SSSR count). The summed E-state index contributed by atoms with van der Waals surface area (Å²) in [5.41, 5.74) is 0.552. The van der Waals surface area contributed by atoms with Crippen molar-refractivity contribution < 1.29 is 17.4 Å². The Morgan fingerprint density at radius 3 is 2.06 bits per heavy atom. The van der Waals surface area contributed by atoms with Crippen molar-refractivity contribution in [2.24, 2.45) is 5.92 Å². The zero-order valence-corrected chi connectivity index (χ0v) is 10.2. The Balaban J connectivity index is 2.88. The second kappa shape index (κ2) is 4.65. The number of carbonyl (C=O) groups excluding carboxylic acids is 1. The Bertz CT molecular complexity index is 471. The molecule has 1 aromatic rings. The highest BCUT2D eigenvalue weighted by atomic mass is 32.2.